The molecule has 1 aromatic carbocycles. The first-order valence-electron chi connectivity index (χ1n) is 6.28. The smallest absolute Gasteiger partial charge is 0.233 e. The number of carbonyl (C=O) groups excluding carboxylic acids is 2. The fourth-order valence-corrected chi connectivity index (χ4v) is 2.23. The molecule has 19 heavy (non-hydrogen) atoms. The van der Waals surface area contributed by atoms with Gasteiger partial charge in [0.1, 0.15) is 5.82 Å². The van der Waals surface area contributed by atoms with Crippen LogP contribution in [0, 0.1) is 17.7 Å². The zero-order chi connectivity index (χ0) is 14.2. The van der Waals surface area contributed by atoms with Crippen molar-refractivity contribution in [1.82, 2.24) is 4.90 Å². The van der Waals surface area contributed by atoms with E-state index >= 15 is 0 Å². The lowest BCUT2D eigenvalue weighted by atomic mass is 10.00. The quantitative estimate of drug-likeness (QED) is 0.840. The highest BCUT2D eigenvalue weighted by molar-refractivity contribution is 6.04. The summed E-state index contributed by atoms with van der Waals surface area (Å²) in [5, 5.41) is 0. The third-order valence-electron chi connectivity index (χ3n) is 3.74. The van der Waals surface area contributed by atoms with Crippen molar-refractivity contribution < 1.29 is 14.0 Å². The molecule has 102 valence electrons. The molecule has 0 saturated carbocycles. The highest BCUT2D eigenvalue weighted by Gasteiger charge is 2.42. The highest BCUT2D eigenvalue weighted by atomic mass is 19.1. The minimum absolute atomic E-state index is 0.0218. The Labute approximate surface area is 111 Å². The van der Waals surface area contributed by atoms with Crippen LogP contribution in [0.5, 0.6) is 0 Å². The Bertz CT molecular complexity index is 510. The van der Waals surface area contributed by atoms with Crippen molar-refractivity contribution in [2.24, 2.45) is 17.6 Å². The van der Waals surface area contributed by atoms with E-state index in [1.165, 1.54) is 6.07 Å². The van der Waals surface area contributed by atoms with Gasteiger partial charge in [0.25, 0.3) is 0 Å². The Morgan fingerprint density at radius 1 is 1.21 bits per heavy atom. The summed E-state index contributed by atoms with van der Waals surface area (Å²) in [7, 11) is 0. The molecule has 2 rings (SSSR count). The molecule has 1 aromatic rings. The van der Waals surface area contributed by atoms with Crippen molar-refractivity contribution in [2.45, 2.75) is 26.9 Å². The van der Waals surface area contributed by atoms with Crippen LogP contribution < -0.4 is 5.73 Å². The first-order chi connectivity index (χ1) is 8.95. The predicted molar refractivity (Wildman–Crippen MR) is 68.2 cm³/mol. The van der Waals surface area contributed by atoms with Crippen molar-refractivity contribution in [3.63, 3.8) is 0 Å². The molecular formula is C14H17FN2O2. The minimum Gasteiger partial charge on any atom is -0.326 e. The first kappa shape index (κ1) is 13.7. The lowest BCUT2D eigenvalue weighted by Crippen LogP contribution is -2.30. The van der Waals surface area contributed by atoms with Gasteiger partial charge in [-0.3, -0.25) is 14.5 Å². The van der Waals surface area contributed by atoms with E-state index in [0.717, 1.165) is 10.5 Å². The summed E-state index contributed by atoms with van der Waals surface area (Å²) >= 11 is 0. The number of rotatable bonds is 3. The van der Waals surface area contributed by atoms with Crippen molar-refractivity contribution >= 4 is 11.8 Å². The van der Waals surface area contributed by atoms with Gasteiger partial charge in [-0.25, -0.2) is 4.39 Å². The number of halogens is 1. The molecule has 1 aliphatic rings. The fourth-order valence-electron chi connectivity index (χ4n) is 2.23. The monoisotopic (exact) mass is 264 g/mol. The van der Waals surface area contributed by atoms with Crippen LogP contribution in [0.2, 0.25) is 0 Å². The second kappa shape index (κ2) is 5.09. The van der Waals surface area contributed by atoms with Gasteiger partial charge in [-0.15, -0.1) is 0 Å². The summed E-state index contributed by atoms with van der Waals surface area (Å²) in [6.07, 6.45) is 0. The van der Waals surface area contributed by atoms with E-state index < -0.39 is 5.82 Å². The molecule has 0 aliphatic carbocycles. The predicted octanol–water partition coefficient (Wildman–Crippen LogP) is 1.43. The third-order valence-corrected chi connectivity index (χ3v) is 3.74. The van der Waals surface area contributed by atoms with Crippen LogP contribution >= 0.6 is 0 Å². The van der Waals surface area contributed by atoms with Gasteiger partial charge in [0.2, 0.25) is 11.8 Å². The molecule has 4 nitrogen and oxygen atoms in total. The van der Waals surface area contributed by atoms with Crippen molar-refractivity contribution in [3.8, 4) is 0 Å². The van der Waals surface area contributed by atoms with E-state index in [1.807, 2.05) is 0 Å². The van der Waals surface area contributed by atoms with Crippen LogP contribution in [-0.2, 0) is 22.7 Å². The Kier molecular flexibility index (Phi) is 3.66. The van der Waals surface area contributed by atoms with Gasteiger partial charge in [-0.05, 0) is 17.7 Å². The summed E-state index contributed by atoms with van der Waals surface area (Å²) in [5.41, 5.74) is 6.61. The van der Waals surface area contributed by atoms with Gasteiger partial charge in [0, 0.05) is 23.9 Å². The fraction of sp³-hybridized carbons (Fsp3) is 0.429. The van der Waals surface area contributed by atoms with Crippen LogP contribution in [0.25, 0.3) is 0 Å². The number of hydrogen-bond acceptors (Lipinski definition) is 3. The lowest BCUT2D eigenvalue weighted by molar-refractivity contribution is -0.140. The van der Waals surface area contributed by atoms with Crippen molar-refractivity contribution in [3.05, 3.63) is 35.1 Å². The second-order valence-electron chi connectivity index (χ2n) is 4.97. The number of carbonyl (C=O) groups is 2. The molecule has 0 bridgehead atoms. The Morgan fingerprint density at radius 2 is 1.79 bits per heavy atom. The van der Waals surface area contributed by atoms with Crippen molar-refractivity contribution in [2.75, 3.05) is 0 Å². The molecule has 1 fully saturated rings. The minimum atomic E-state index is -0.426. The Morgan fingerprint density at radius 3 is 2.32 bits per heavy atom. The van der Waals surface area contributed by atoms with Gasteiger partial charge in [0.05, 0.1) is 6.54 Å². The summed E-state index contributed by atoms with van der Waals surface area (Å²) in [6.45, 7) is 3.71. The zero-order valence-electron chi connectivity index (χ0n) is 11.0. The van der Waals surface area contributed by atoms with E-state index in [4.69, 9.17) is 5.73 Å². The van der Waals surface area contributed by atoms with E-state index in [-0.39, 0.29) is 30.2 Å². The zero-order valence-corrected chi connectivity index (χ0v) is 11.0. The second-order valence-corrected chi connectivity index (χ2v) is 4.97. The number of benzene rings is 1. The van der Waals surface area contributed by atoms with E-state index in [2.05, 4.69) is 0 Å². The van der Waals surface area contributed by atoms with E-state index in [1.54, 1.807) is 26.0 Å². The molecular weight excluding hydrogens is 247 g/mol. The molecule has 0 spiro atoms. The van der Waals surface area contributed by atoms with Gasteiger partial charge in [-0.2, -0.15) is 0 Å². The van der Waals surface area contributed by atoms with E-state index in [0.29, 0.717) is 12.1 Å². The topological polar surface area (TPSA) is 63.4 Å². The summed E-state index contributed by atoms with van der Waals surface area (Å²) < 4.78 is 13.7. The Hall–Kier alpha value is -1.75. The summed E-state index contributed by atoms with van der Waals surface area (Å²) in [4.78, 5) is 25.0. The number of amides is 2. The maximum atomic E-state index is 13.7. The highest BCUT2D eigenvalue weighted by Crippen LogP contribution is 2.27. The SMILES string of the molecule is CC1C(=O)N(Cc2cc(CN)ccc2F)C(=O)C1C. The van der Waals surface area contributed by atoms with E-state index in [9.17, 15) is 14.0 Å². The standard InChI is InChI=1S/C14H17FN2O2/c1-8-9(2)14(19)17(13(8)18)7-11-5-10(6-16)3-4-12(11)15/h3-5,8-9H,6-7,16H2,1-2H3. The number of likely N-dealkylation sites (tertiary alicyclic amines) is 1. The molecule has 2 unspecified atom stereocenters. The molecule has 1 heterocycles. The number of hydrogen-bond donors (Lipinski definition) is 1. The van der Waals surface area contributed by atoms with Crippen molar-refractivity contribution in [1.29, 1.82) is 0 Å². The molecule has 0 aromatic heterocycles. The van der Waals surface area contributed by atoms with Crippen LogP contribution in [0.1, 0.15) is 25.0 Å². The maximum absolute atomic E-state index is 13.7. The largest absolute Gasteiger partial charge is 0.326 e. The molecule has 2 N–H and O–H groups in total. The van der Waals surface area contributed by atoms with Crippen LogP contribution in [0.15, 0.2) is 18.2 Å². The summed E-state index contributed by atoms with van der Waals surface area (Å²) in [5.74, 6) is -1.59. The number of nitrogens with zero attached hydrogens (tertiary/aromatic N) is 1. The van der Waals surface area contributed by atoms with Gasteiger partial charge >= 0.3 is 0 Å². The average Bonchev–Trinajstić information content (AvgIpc) is 2.59. The first-order valence-corrected chi connectivity index (χ1v) is 6.28. The molecule has 2 atom stereocenters. The maximum Gasteiger partial charge on any atom is 0.233 e. The molecule has 1 aliphatic heterocycles. The van der Waals surface area contributed by atoms with Gasteiger partial charge in [0.15, 0.2) is 0 Å². The molecule has 1 saturated heterocycles. The van der Waals surface area contributed by atoms with Crippen LogP contribution in [-0.4, -0.2) is 16.7 Å². The number of imide groups is 1. The molecule has 2 amide bonds. The van der Waals surface area contributed by atoms with Crippen LogP contribution in [0.3, 0.4) is 0 Å². The molecule has 0 radical (unpaired) electrons. The molecule has 5 heteroatoms. The Balaban J connectivity index is 2.26. The van der Waals surface area contributed by atoms with Gasteiger partial charge in [-0.1, -0.05) is 19.9 Å². The van der Waals surface area contributed by atoms with Gasteiger partial charge < -0.3 is 5.73 Å². The van der Waals surface area contributed by atoms with Crippen LogP contribution in [0.4, 0.5) is 4.39 Å². The average molecular weight is 264 g/mol. The lowest BCUT2D eigenvalue weighted by Gasteiger charge is -2.15. The summed E-state index contributed by atoms with van der Waals surface area (Å²) in [6, 6.07) is 4.51. The number of nitrogens with two attached hydrogens (primary N) is 1. The third kappa shape index (κ3) is 2.38. The normalized spacial score (nSPS) is 23.3.